The van der Waals surface area contributed by atoms with Crippen LogP contribution in [0.3, 0.4) is 0 Å². The summed E-state index contributed by atoms with van der Waals surface area (Å²) in [5.41, 5.74) is 6.50. The third-order valence-electron chi connectivity index (χ3n) is 10.5. The number of phosphoric ester groups is 1. The van der Waals surface area contributed by atoms with Crippen LogP contribution in [0.1, 0.15) is 66.5 Å². The zero-order valence-electron chi connectivity index (χ0n) is 33.1. The van der Waals surface area contributed by atoms with Gasteiger partial charge >= 0.3 is 13.8 Å². The first kappa shape index (κ1) is 39.7. The van der Waals surface area contributed by atoms with Gasteiger partial charge in [-0.2, -0.15) is 0 Å². The number of rotatable bonds is 14. The standard InChI is InChI=1S/C44H48N5O7P/c1-7-35-28-49(27-34-25-45-23-22-40(34)54-35)26-33-24-32(19-18-30(33)2)41(38-20-21-39-42(31(38)3)46-47-48(39)6)44(4,5)43(50)52-29-53-57(51,55-36-14-10-8-11-15-36)56-37-16-12-9-13-17-37/h8-25,35,41H,7,26-29H2,1-6H3/t35-,41+/m1/s1. The molecule has 2 aromatic heterocycles. The first-order valence-electron chi connectivity index (χ1n) is 19.1. The molecule has 0 spiro atoms. The maximum atomic E-state index is 14.4. The summed E-state index contributed by atoms with van der Waals surface area (Å²) in [6.07, 6.45) is 4.55. The van der Waals surface area contributed by atoms with Crippen molar-refractivity contribution < 1.29 is 32.4 Å². The number of phosphoric acid groups is 1. The molecule has 57 heavy (non-hydrogen) atoms. The summed E-state index contributed by atoms with van der Waals surface area (Å²) in [7, 11) is -2.46. The molecule has 0 fully saturated rings. The summed E-state index contributed by atoms with van der Waals surface area (Å²) < 4.78 is 45.1. The average molecular weight is 790 g/mol. The SMILES string of the molecule is CC[C@@H]1CN(Cc2cc([C@@H](c3ccc4c(nnn4C)c3C)C(C)(C)C(=O)OCOP(=O)(Oc3ccccc3)Oc3ccccc3)ccc2C)Cc2cnccc2O1. The fourth-order valence-corrected chi connectivity index (χ4v) is 8.44. The van der Waals surface area contributed by atoms with E-state index in [4.69, 9.17) is 23.0 Å². The summed E-state index contributed by atoms with van der Waals surface area (Å²) in [5.74, 6) is 0.349. The molecule has 7 rings (SSSR count). The third-order valence-corrected chi connectivity index (χ3v) is 11.8. The van der Waals surface area contributed by atoms with Gasteiger partial charge in [0.25, 0.3) is 0 Å². The van der Waals surface area contributed by atoms with E-state index < -0.39 is 31.9 Å². The Morgan fingerprint density at radius 3 is 2.35 bits per heavy atom. The maximum Gasteiger partial charge on any atom is 0.590 e. The average Bonchev–Trinajstić information content (AvgIpc) is 3.48. The van der Waals surface area contributed by atoms with E-state index in [1.54, 1.807) is 71.5 Å². The summed E-state index contributed by atoms with van der Waals surface area (Å²) in [5, 5.41) is 8.74. The van der Waals surface area contributed by atoms with E-state index in [1.807, 2.05) is 52.2 Å². The first-order chi connectivity index (χ1) is 27.4. The summed E-state index contributed by atoms with van der Waals surface area (Å²) >= 11 is 0. The van der Waals surface area contributed by atoms with Crippen LogP contribution in [0.4, 0.5) is 0 Å². The van der Waals surface area contributed by atoms with Crippen LogP contribution in [-0.2, 0) is 38.8 Å². The predicted molar refractivity (Wildman–Crippen MR) is 217 cm³/mol. The van der Waals surface area contributed by atoms with Gasteiger partial charge in [-0.1, -0.05) is 72.8 Å². The highest BCUT2D eigenvalue weighted by Crippen LogP contribution is 2.50. The van der Waals surface area contributed by atoms with Gasteiger partial charge in [-0.3, -0.25) is 14.7 Å². The molecule has 0 saturated carbocycles. The minimum atomic E-state index is -4.32. The second-order valence-electron chi connectivity index (χ2n) is 14.9. The number of carbonyl (C=O) groups is 1. The quantitative estimate of drug-likeness (QED) is 0.0596. The van der Waals surface area contributed by atoms with Crippen molar-refractivity contribution in [1.82, 2.24) is 24.9 Å². The van der Waals surface area contributed by atoms with E-state index in [9.17, 15) is 9.36 Å². The van der Waals surface area contributed by atoms with E-state index in [1.165, 1.54) is 0 Å². The number of ether oxygens (including phenoxy) is 2. The van der Waals surface area contributed by atoms with Crippen LogP contribution in [0.15, 0.2) is 109 Å². The van der Waals surface area contributed by atoms with E-state index in [-0.39, 0.29) is 17.6 Å². The largest absolute Gasteiger partial charge is 0.590 e. The molecule has 2 atom stereocenters. The Balaban J connectivity index is 1.19. The zero-order valence-corrected chi connectivity index (χ0v) is 34.0. The second kappa shape index (κ2) is 16.9. The van der Waals surface area contributed by atoms with E-state index >= 15 is 0 Å². The molecule has 12 nitrogen and oxygen atoms in total. The Kier molecular flexibility index (Phi) is 11.8. The fraction of sp³-hybridized carbons (Fsp3) is 0.318. The molecular weight excluding hydrogens is 741 g/mol. The molecule has 13 heteroatoms. The van der Waals surface area contributed by atoms with Crippen molar-refractivity contribution in [2.45, 2.75) is 66.2 Å². The second-order valence-corrected chi connectivity index (χ2v) is 16.5. The maximum absolute atomic E-state index is 14.4. The van der Waals surface area contributed by atoms with Crippen molar-refractivity contribution in [1.29, 1.82) is 0 Å². The molecule has 296 valence electrons. The first-order valence-corrected chi connectivity index (χ1v) is 20.5. The number of aryl methyl sites for hydroxylation is 3. The minimum absolute atomic E-state index is 0.0358. The third kappa shape index (κ3) is 8.89. The van der Waals surface area contributed by atoms with Crippen LogP contribution in [0.2, 0.25) is 0 Å². The fourth-order valence-electron chi connectivity index (χ4n) is 7.36. The van der Waals surface area contributed by atoms with E-state index in [0.29, 0.717) is 13.1 Å². The topological polar surface area (TPSA) is 127 Å². The van der Waals surface area contributed by atoms with Gasteiger partial charge in [0.1, 0.15) is 28.9 Å². The highest BCUT2D eigenvalue weighted by Gasteiger charge is 2.42. The number of hydrogen-bond acceptors (Lipinski definition) is 11. The normalized spacial score (nSPS) is 15.3. The molecule has 0 bridgehead atoms. The van der Waals surface area contributed by atoms with Crippen LogP contribution in [0, 0.1) is 19.3 Å². The van der Waals surface area contributed by atoms with Gasteiger partial charge in [0.05, 0.1) is 10.9 Å². The van der Waals surface area contributed by atoms with Crippen molar-refractivity contribution in [3.8, 4) is 17.2 Å². The van der Waals surface area contributed by atoms with Gasteiger partial charge in [0.15, 0.2) is 0 Å². The zero-order chi connectivity index (χ0) is 40.2. The van der Waals surface area contributed by atoms with Gasteiger partial charge in [0.2, 0.25) is 6.79 Å². The van der Waals surface area contributed by atoms with Crippen LogP contribution >= 0.6 is 7.82 Å². The molecule has 6 aromatic rings. The number of carbonyl (C=O) groups excluding carboxylic acids is 1. The van der Waals surface area contributed by atoms with Crippen LogP contribution in [-0.4, -0.2) is 50.3 Å². The molecule has 4 aromatic carbocycles. The number of benzene rings is 4. The van der Waals surface area contributed by atoms with Crippen LogP contribution in [0.5, 0.6) is 17.2 Å². The molecule has 3 heterocycles. The van der Waals surface area contributed by atoms with E-state index in [0.717, 1.165) is 63.1 Å². The predicted octanol–water partition coefficient (Wildman–Crippen LogP) is 9.09. The molecule has 1 aliphatic rings. The number of fused-ring (bicyclic) bond motifs is 2. The Morgan fingerprint density at radius 1 is 0.965 bits per heavy atom. The summed E-state index contributed by atoms with van der Waals surface area (Å²) in [6.45, 7) is 11.4. The highest BCUT2D eigenvalue weighted by atomic mass is 31.2. The molecule has 0 amide bonds. The van der Waals surface area contributed by atoms with Crippen LogP contribution in [0.25, 0.3) is 11.0 Å². The van der Waals surface area contributed by atoms with Crippen molar-refractivity contribution >= 4 is 24.8 Å². The summed E-state index contributed by atoms with van der Waals surface area (Å²) in [4.78, 5) is 21.2. The van der Waals surface area contributed by atoms with E-state index in [2.05, 4.69) is 52.2 Å². The molecule has 0 saturated heterocycles. The molecule has 0 unspecified atom stereocenters. The van der Waals surface area contributed by atoms with Gasteiger partial charge in [-0.25, -0.2) is 13.8 Å². The number of aromatic nitrogens is 4. The molecular formula is C44H48N5O7P. The number of esters is 1. The van der Waals surface area contributed by atoms with Crippen molar-refractivity contribution in [2.24, 2.45) is 12.5 Å². The number of para-hydroxylation sites is 2. The lowest BCUT2D eigenvalue weighted by molar-refractivity contribution is -0.162. The molecule has 0 radical (unpaired) electrons. The van der Waals surface area contributed by atoms with Crippen molar-refractivity contribution in [3.63, 3.8) is 0 Å². The molecule has 1 aliphatic heterocycles. The van der Waals surface area contributed by atoms with Crippen LogP contribution < -0.4 is 13.8 Å². The van der Waals surface area contributed by atoms with Gasteiger partial charge in [-0.05, 0) is 98.3 Å². The number of nitrogens with zero attached hydrogens (tertiary/aromatic N) is 5. The Labute approximate surface area is 333 Å². The molecule has 0 aliphatic carbocycles. The number of pyridine rings is 1. The molecule has 0 N–H and O–H groups in total. The van der Waals surface area contributed by atoms with Gasteiger partial charge in [0, 0.05) is 50.6 Å². The van der Waals surface area contributed by atoms with Gasteiger partial charge < -0.3 is 18.5 Å². The lowest BCUT2D eigenvalue weighted by Gasteiger charge is -2.34. The Morgan fingerprint density at radius 2 is 1.67 bits per heavy atom. The Bertz CT molecular complexity index is 2340. The monoisotopic (exact) mass is 789 g/mol. The Hall–Kier alpha value is -5.55. The number of hydrogen-bond donors (Lipinski definition) is 0. The lowest BCUT2D eigenvalue weighted by Crippen LogP contribution is -2.35. The minimum Gasteiger partial charge on any atom is -0.489 e. The van der Waals surface area contributed by atoms with Gasteiger partial charge in [-0.15, -0.1) is 5.10 Å². The highest BCUT2D eigenvalue weighted by molar-refractivity contribution is 7.49. The van der Waals surface area contributed by atoms with Crippen molar-refractivity contribution in [3.05, 3.63) is 143 Å². The lowest BCUT2D eigenvalue weighted by atomic mass is 9.69. The summed E-state index contributed by atoms with van der Waals surface area (Å²) in [6, 6.07) is 29.4. The smallest absolute Gasteiger partial charge is 0.489 e. The van der Waals surface area contributed by atoms with Crippen molar-refractivity contribution in [2.75, 3.05) is 13.3 Å².